The van der Waals surface area contributed by atoms with Gasteiger partial charge in [-0.1, -0.05) is 17.7 Å². The Morgan fingerprint density at radius 2 is 1.90 bits per heavy atom. The van der Waals surface area contributed by atoms with Gasteiger partial charge in [0.05, 0.1) is 10.7 Å². The first-order chi connectivity index (χ1) is 15.0. The summed E-state index contributed by atoms with van der Waals surface area (Å²) >= 11 is 9.53. The van der Waals surface area contributed by atoms with Crippen LogP contribution in [0, 0.1) is 12.7 Å². The molecule has 4 rings (SSSR count). The van der Waals surface area contributed by atoms with Crippen molar-refractivity contribution in [2.45, 2.75) is 24.1 Å². The van der Waals surface area contributed by atoms with E-state index in [9.17, 15) is 9.18 Å². The number of benzene rings is 2. The van der Waals surface area contributed by atoms with Crippen LogP contribution in [0.1, 0.15) is 26.6 Å². The predicted octanol–water partition coefficient (Wildman–Crippen LogP) is 5.49. The molecule has 1 amide bonds. The molecule has 0 spiro atoms. The molecular weight excluding hydrogens is 453 g/mol. The molecule has 1 aromatic heterocycles. The van der Waals surface area contributed by atoms with E-state index < -0.39 is 0 Å². The fraction of sp³-hybridized carbons (Fsp3) is 0.304. The van der Waals surface area contributed by atoms with E-state index >= 15 is 0 Å². The van der Waals surface area contributed by atoms with Gasteiger partial charge in [0.25, 0.3) is 5.91 Å². The fourth-order valence-corrected chi connectivity index (χ4v) is 5.24. The van der Waals surface area contributed by atoms with Crippen LogP contribution in [0.5, 0.6) is 0 Å². The number of nitrogens with zero attached hydrogens (tertiary/aromatic N) is 3. The summed E-state index contributed by atoms with van der Waals surface area (Å²) in [5.41, 5.74) is 2.71. The summed E-state index contributed by atoms with van der Waals surface area (Å²) in [6, 6.07) is 12.3. The Hall–Kier alpha value is -1.93. The maximum absolute atomic E-state index is 13.2. The van der Waals surface area contributed by atoms with Gasteiger partial charge in [0, 0.05) is 59.3 Å². The Kier molecular flexibility index (Phi) is 7.27. The number of carbonyl (C=O) groups is 1. The minimum Gasteiger partial charge on any atom is -0.336 e. The molecule has 1 aliphatic rings. The van der Waals surface area contributed by atoms with Crippen molar-refractivity contribution in [2.24, 2.45) is 0 Å². The van der Waals surface area contributed by atoms with Crippen LogP contribution in [0.3, 0.4) is 0 Å². The second-order valence-electron chi connectivity index (χ2n) is 7.47. The lowest BCUT2D eigenvalue weighted by molar-refractivity contribution is 0.0628. The molecule has 0 radical (unpaired) electrons. The minimum atomic E-state index is -0.327. The van der Waals surface area contributed by atoms with Gasteiger partial charge in [0.15, 0.2) is 0 Å². The molecule has 3 aromatic rings. The predicted molar refractivity (Wildman–Crippen MR) is 125 cm³/mol. The SMILES string of the molecule is Cc1nc(CSc2ccc(C(=O)N3CCN(Cc4ccc(F)cc4Cl)CC3)cc2)cs1. The quantitative estimate of drug-likeness (QED) is 0.441. The highest BCUT2D eigenvalue weighted by molar-refractivity contribution is 7.98. The van der Waals surface area contributed by atoms with Gasteiger partial charge in [0.1, 0.15) is 5.82 Å². The second-order valence-corrected chi connectivity index (χ2v) is 9.99. The number of carbonyl (C=O) groups excluding carboxylic acids is 1. The number of halogens is 2. The van der Waals surface area contributed by atoms with Gasteiger partial charge in [0.2, 0.25) is 0 Å². The smallest absolute Gasteiger partial charge is 0.253 e. The molecule has 1 aliphatic heterocycles. The van der Waals surface area contributed by atoms with Crippen molar-refractivity contribution in [1.82, 2.24) is 14.8 Å². The van der Waals surface area contributed by atoms with Crippen LogP contribution < -0.4 is 0 Å². The van der Waals surface area contributed by atoms with Gasteiger partial charge in [-0.2, -0.15) is 0 Å². The lowest BCUT2D eigenvalue weighted by Gasteiger charge is -2.35. The van der Waals surface area contributed by atoms with Crippen LogP contribution in [-0.2, 0) is 12.3 Å². The molecule has 0 unspecified atom stereocenters. The average Bonchev–Trinajstić information content (AvgIpc) is 3.20. The zero-order valence-electron chi connectivity index (χ0n) is 17.2. The van der Waals surface area contributed by atoms with Gasteiger partial charge in [-0.15, -0.1) is 23.1 Å². The largest absolute Gasteiger partial charge is 0.336 e. The van der Waals surface area contributed by atoms with Crippen molar-refractivity contribution >= 4 is 40.6 Å². The van der Waals surface area contributed by atoms with Crippen LogP contribution in [0.4, 0.5) is 4.39 Å². The van der Waals surface area contributed by atoms with Gasteiger partial charge in [-0.05, 0) is 48.9 Å². The van der Waals surface area contributed by atoms with Crippen LogP contribution in [0.15, 0.2) is 52.7 Å². The summed E-state index contributed by atoms with van der Waals surface area (Å²) < 4.78 is 13.2. The third-order valence-corrected chi connectivity index (χ3v) is 7.44. The summed E-state index contributed by atoms with van der Waals surface area (Å²) in [7, 11) is 0. The van der Waals surface area contributed by atoms with Crippen molar-refractivity contribution in [3.8, 4) is 0 Å². The zero-order valence-corrected chi connectivity index (χ0v) is 19.6. The molecule has 2 aromatic carbocycles. The first-order valence-corrected chi connectivity index (χ1v) is 12.3. The number of thioether (sulfide) groups is 1. The Labute approximate surface area is 195 Å². The lowest BCUT2D eigenvalue weighted by atomic mass is 10.1. The van der Waals surface area contributed by atoms with Crippen LogP contribution in [0.2, 0.25) is 5.02 Å². The summed E-state index contributed by atoms with van der Waals surface area (Å²) in [5.74, 6) is 0.565. The molecule has 0 aliphatic carbocycles. The third kappa shape index (κ3) is 5.86. The molecule has 0 saturated carbocycles. The summed E-state index contributed by atoms with van der Waals surface area (Å²) in [6.07, 6.45) is 0. The molecular formula is C23H23ClFN3OS2. The molecule has 4 nitrogen and oxygen atoms in total. The van der Waals surface area contributed by atoms with Gasteiger partial charge in [-0.3, -0.25) is 9.69 Å². The van der Waals surface area contributed by atoms with E-state index in [-0.39, 0.29) is 11.7 Å². The highest BCUT2D eigenvalue weighted by Crippen LogP contribution is 2.25. The van der Waals surface area contributed by atoms with Crippen LogP contribution >= 0.6 is 34.7 Å². The van der Waals surface area contributed by atoms with E-state index in [4.69, 9.17) is 11.6 Å². The zero-order chi connectivity index (χ0) is 21.8. The first-order valence-electron chi connectivity index (χ1n) is 10.1. The van der Waals surface area contributed by atoms with Gasteiger partial charge < -0.3 is 4.90 Å². The minimum absolute atomic E-state index is 0.0612. The average molecular weight is 476 g/mol. The highest BCUT2D eigenvalue weighted by Gasteiger charge is 2.22. The van der Waals surface area contributed by atoms with Crippen LogP contribution in [-0.4, -0.2) is 46.9 Å². The maximum atomic E-state index is 13.2. The Morgan fingerprint density at radius 3 is 2.55 bits per heavy atom. The number of aromatic nitrogens is 1. The maximum Gasteiger partial charge on any atom is 0.253 e. The number of rotatable bonds is 6. The molecule has 31 heavy (non-hydrogen) atoms. The number of hydrogen-bond acceptors (Lipinski definition) is 5. The molecule has 0 atom stereocenters. The first kappa shape index (κ1) is 22.3. The van der Waals surface area contributed by atoms with E-state index in [0.717, 1.165) is 40.0 Å². The van der Waals surface area contributed by atoms with Gasteiger partial charge in [-0.25, -0.2) is 9.37 Å². The number of piperazine rings is 1. The van der Waals surface area contributed by atoms with E-state index in [1.54, 1.807) is 29.2 Å². The van der Waals surface area contributed by atoms with Crippen molar-refractivity contribution in [2.75, 3.05) is 26.2 Å². The molecule has 0 N–H and O–H groups in total. The van der Waals surface area contributed by atoms with E-state index in [0.29, 0.717) is 30.2 Å². The standard InChI is InChI=1S/C23H23ClFN3OS2/c1-16-26-20(14-30-16)15-31-21-6-3-17(4-7-21)23(29)28-10-8-27(9-11-28)13-18-2-5-19(25)12-22(18)24/h2-7,12,14H,8-11,13,15H2,1H3. The van der Waals surface area contributed by atoms with Crippen molar-refractivity contribution in [1.29, 1.82) is 0 Å². The molecule has 0 bridgehead atoms. The number of aryl methyl sites for hydroxylation is 1. The molecule has 1 saturated heterocycles. The number of thiazole rings is 1. The Morgan fingerprint density at radius 1 is 1.16 bits per heavy atom. The van der Waals surface area contributed by atoms with E-state index in [1.165, 1.54) is 12.1 Å². The number of hydrogen-bond donors (Lipinski definition) is 0. The van der Waals surface area contributed by atoms with Crippen molar-refractivity contribution < 1.29 is 9.18 Å². The lowest BCUT2D eigenvalue weighted by Crippen LogP contribution is -2.48. The monoisotopic (exact) mass is 475 g/mol. The molecule has 2 heterocycles. The molecule has 162 valence electrons. The van der Waals surface area contributed by atoms with Gasteiger partial charge >= 0.3 is 0 Å². The summed E-state index contributed by atoms with van der Waals surface area (Å²) in [5, 5.41) is 3.61. The fourth-order valence-electron chi connectivity index (χ4n) is 3.51. The van der Waals surface area contributed by atoms with E-state index in [2.05, 4.69) is 15.3 Å². The number of amides is 1. The Bertz CT molecular complexity index is 1050. The summed E-state index contributed by atoms with van der Waals surface area (Å²) in [6.45, 7) is 5.53. The second kappa shape index (κ2) is 10.1. The molecule has 8 heteroatoms. The third-order valence-electron chi connectivity index (χ3n) is 5.22. The normalized spacial score (nSPS) is 14.7. The molecule has 1 fully saturated rings. The topological polar surface area (TPSA) is 36.4 Å². The highest BCUT2D eigenvalue weighted by atomic mass is 35.5. The van der Waals surface area contributed by atoms with E-state index in [1.807, 2.05) is 36.1 Å². The summed E-state index contributed by atoms with van der Waals surface area (Å²) in [4.78, 5) is 22.6. The Balaban J connectivity index is 1.28. The van der Waals surface area contributed by atoms with Crippen molar-refractivity contribution in [3.63, 3.8) is 0 Å². The van der Waals surface area contributed by atoms with Crippen molar-refractivity contribution in [3.05, 3.63) is 80.5 Å². The van der Waals surface area contributed by atoms with Crippen LogP contribution in [0.25, 0.3) is 0 Å².